The van der Waals surface area contributed by atoms with E-state index >= 15 is 13.2 Å². The van der Waals surface area contributed by atoms with E-state index in [4.69, 9.17) is 0 Å². The van der Waals surface area contributed by atoms with Gasteiger partial charge in [-0.05, 0) is 115 Å². The molecule has 0 N–H and O–H groups in total. The fraction of sp³-hybridized carbons (Fsp3) is 0.0116. The Balaban J connectivity index is 0.952. The molecule has 0 saturated heterocycles. The maximum absolute atomic E-state index is 16.1. The van der Waals surface area contributed by atoms with Crippen LogP contribution in [0, 0.1) is 11.3 Å². The zero-order chi connectivity index (χ0) is 63.7. The molecule has 0 spiro atoms. The largest absolute Gasteiger partial charge is 0.417 e. The lowest BCUT2D eigenvalue weighted by atomic mass is 9.94. The van der Waals surface area contributed by atoms with Crippen molar-refractivity contribution in [1.82, 2.24) is 27.4 Å². The van der Waals surface area contributed by atoms with Crippen molar-refractivity contribution in [3.63, 3.8) is 0 Å². The predicted molar refractivity (Wildman–Crippen MR) is 388 cm³/mol. The summed E-state index contributed by atoms with van der Waals surface area (Å²) in [6, 6.07) is 105. The molecule has 0 amide bonds. The van der Waals surface area contributed by atoms with Crippen LogP contribution in [0.25, 0.3) is 176 Å². The van der Waals surface area contributed by atoms with Gasteiger partial charge in [0.15, 0.2) is 0 Å². The first-order chi connectivity index (χ1) is 47.3. The zero-order valence-electron chi connectivity index (χ0n) is 51.1. The first kappa shape index (κ1) is 53.8. The van der Waals surface area contributed by atoms with Crippen molar-refractivity contribution in [1.29, 1.82) is 5.26 Å². The van der Waals surface area contributed by atoms with Gasteiger partial charge in [-0.1, -0.05) is 194 Å². The minimum absolute atomic E-state index is 0.0559. The minimum Gasteiger partial charge on any atom is -0.309 e. The highest BCUT2D eigenvalue weighted by molar-refractivity contribution is 6.17. The van der Waals surface area contributed by atoms with Crippen molar-refractivity contribution in [3.05, 3.63) is 314 Å². The summed E-state index contributed by atoms with van der Waals surface area (Å²) in [4.78, 5) is 0. The van der Waals surface area contributed by atoms with Gasteiger partial charge in [0.05, 0.1) is 83.1 Å². The maximum atomic E-state index is 16.1. The van der Waals surface area contributed by atoms with Crippen LogP contribution in [0.5, 0.6) is 0 Å². The molecule has 20 rings (SSSR count). The number of halogens is 3. The summed E-state index contributed by atoms with van der Waals surface area (Å²) in [5, 5.41) is 25.1. The summed E-state index contributed by atoms with van der Waals surface area (Å²) in [5.41, 5.74) is 15.0. The Bertz CT molecular complexity index is 6240. The van der Waals surface area contributed by atoms with E-state index in [0.717, 1.165) is 149 Å². The monoisotopic (exact) mass is 1240 g/mol. The number of alkyl halides is 3. The number of hydrogen-bond donors (Lipinski definition) is 0. The average Bonchev–Trinajstić information content (AvgIpc) is 1.47. The standard InChI is InChI=1S/C86H50F3N7/c87-86(88,89)71-28-10-1-19-56(71)69-45-46-80(95-81-47-52(91-72-29-11-2-20-57(72)58-21-3-12-30-73(58)91)37-41-65(81)66-42-38-53(48-82(66)95)92-74-31-13-4-22-59(74)60-23-5-14-32-75(60)92)70(51-90)85(69)96-83-49-54(93-76-33-15-6-24-61(76)62-25-7-16-34-77(62)93)39-43-67(83)68-44-40-55(50-84(68)96)94-78-35-17-8-26-63(78)64-27-9-18-36-79(64)94/h1-50H. The van der Waals surface area contributed by atoms with Gasteiger partial charge in [0.25, 0.3) is 0 Å². The Morgan fingerprint density at radius 2 is 0.500 bits per heavy atom. The molecule has 6 heterocycles. The van der Waals surface area contributed by atoms with Crippen molar-refractivity contribution in [2.75, 3.05) is 0 Å². The summed E-state index contributed by atoms with van der Waals surface area (Å²) in [6.45, 7) is 0. The van der Waals surface area contributed by atoms with Crippen molar-refractivity contribution in [2.45, 2.75) is 6.18 Å². The molecule has 96 heavy (non-hydrogen) atoms. The molecule has 7 nitrogen and oxygen atoms in total. The van der Waals surface area contributed by atoms with Gasteiger partial charge in [0.2, 0.25) is 0 Å². The molecule has 20 aromatic rings. The average molecular weight is 1240 g/mol. The third-order valence-electron chi connectivity index (χ3n) is 20.1. The molecular weight excluding hydrogens is 1190 g/mol. The van der Waals surface area contributed by atoms with Crippen LogP contribution in [-0.4, -0.2) is 27.4 Å². The molecule has 0 saturated carbocycles. The van der Waals surface area contributed by atoms with Crippen LogP contribution in [0.1, 0.15) is 11.1 Å². The summed E-state index contributed by atoms with van der Waals surface area (Å²) in [5.74, 6) is 0. The summed E-state index contributed by atoms with van der Waals surface area (Å²) in [7, 11) is 0. The number of benzene rings is 14. The third kappa shape index (κ3) is 7.53. The predicted octanol–water partition coefficient (Wildman–Crippen LogP) is 22.8. The van der Waals surface area contributed by atoms with Gasteiger partial charge < -0.3 is 27.4 Å². The van der Waals surface area contributed by atoms with Crippen LogP contribution in [0.2, 0.25) is 0 Å². The van der Waals surface area contributed by atoms with Crippen LogP contribution >= 0.6 is 0 Å². The second-order valence-corrected chi connectivity index (χ2v) is 25.0. The van der Waals surface area contributed by atoms with Crippen molar-refractivity contribution in [2.24, 2.45) is 0 Å². The first-order valence-electron chi connectivity index (χ1n) is 32.1. The lowest BCUT2D eigenvalue weighted by Crippen LogP contribution is -2.10. The van der Waals surface area contributed by atoms with Gasteiger partial charge in [-0.15, -0.1) is 0 Å². The Labute approximate surface area is 545 Å². The number of para-hydroxylation sites is 8. The lowest BCUT2D eigenvalue weighted by Gasteiger charge is -2.22. The molecular formula is C86H50F3N7. The van der Waals surface area contributed by atoms with E-state index in [9.17, 15) is 5.26 Å². The first-order valence-corrected chi connectivity index (χ1v) is 32.1. The van der Waals surface area contributed by atoms with Crippen molar-refractivity contribution in [3.8, 4) is 51.3 Å². The topological polar surface area (TPSA) is 53.4 Å². The molecule has 450 valence electrons. The molecule has 0 radical (unpaired) electrons. The molecule has 0 unspecified atom stereocenters. The highest BCUT2D eigenvalue weighted by Gasteiger charge is 2.36. The lowest BCUT2D eigenvalue weighted by molar-refractivity contribution is -0.137. The number of hydrogen-bond acceptors (Lipinski definition) is 1. The van der Waals surface area contributed by atoms with Crippen LogP contribution in [0.15, 0.2) is 303 Å². The van der Waals surface area contributed by atoms with Gasteiger partial charge in [-0.25, -0.2) is 0 Å². The van der Waals surface area contributed by atoms with Crippen molar-refractivity contribution < 1.29 is 13.2 Å². The van der Waals surface area contributed by atoms with Crippen LogP contribution < -0.4 is 0 Å². The summed E-state index contributed by atoms with van der Waals surface area (Å²) in [6.07, 6.45) is -4.77. The summed E-state index contributed by atoms with van der Waals surface area (Å²) < 4.78 is 61.7. The zero-order valence-corrected chi connectivity index (χ0v) is 51.1. The summed E-state index contributed by atoms with van der Waals surface area (Å²) >= 11 is 0. The minimum atomic E-state index is -4.77. The van der Waals surface area contributed by atoms with E-state index < -0.39 is 11.7 Å². The van der Waals surface area contributed by atoms with Gasteiger partial charge in [0, 0.05) is 92.9 Å². The van der Waals surface area contributed by atoms with Gasteiger partial charge in [-0.3, -0.25) is 0 Å². The third-order valence-corrected chi connectivity index (χ3v) is 20.1. The number of nitriles is 1. The van der Waals surface area contributed by atoms with Crippen molar-refractivity contribution >= 4 is 131 Å². The van der Waals surface area contributed by atoms with E-state index in [2.05, 4.69) is 276 Å². The second kappa shape index (κ2) is 20.1. The number of nitrogens with zero attached hydrogens (tertiary/aromatic N) is 7. The second-order valence-electron chi connectivity index (χ2n) is 25.0. The van der Waals surface area contributed by atoms with Gasteiger partial charge >= 0.3 is 6.18 Å². The van der Waals surface area contributed by atoms with Crippen LogP contribution in [0.4, 0.5) is 13.2 Å². The Kier molecular flexibility index (Phi) is 11.3. The number of aromatic nitrogens is 6. The molecule has 0 aliphatic carbocycles. The molecule has 0 fully saturated rings. The molecule has 0 aliphatic heterocycles. The van der Waals surface area contributed by atoms with E-state index in [-0.39, 0.29) is 16.7 Å². The molecule has 14 aromatic carbocycles. The smallest absolute Gasteiger partial charge is 0.309 e. The Morgan fingerprint density at radius 3 is 0.792 bits per heavy atom. The maximum Gasteiger partial charge on any atom is 0.417 e. The highest BCUT2D eigenvalue weighted by atomic mass is 19.4. The van der Waals surface area contributed by atoms with Crippen LogP contribution in [0.3, 0.4) is 0 Å². The molecule has 10 heteroatoms. The fourth-order valence-corrected chi connectivity index (χ4v) is 16.1. The number of rotatable bonds is 7. The fourth-order valence-electron chi connectivity index (χ4n) is 16.1. The molecule has 0 atom stereocenters. The van der Waals surface area contributed by atoms with Crippen LogP contribution in [-0.2, 0) is 6.18 Å². The number of fused-ring (bicyclic) bond motifs is 18. The van der Waals surface area contributed by atoms with Gasteiger partial charge in [-0.2, -0.15) is 18.4 Å². The Morgan fingerprint density at radius 1 is 0.240 bits per heavy atom. The highest BCUT2D eigenvalue weighted by Crippen LogP contribution is 2.48. The quantitative estimate of drug-likeness (QED) is 0.157. The van der Waals surface area contributed by atoms with E-state index in [0.29, 0.717) is 22.4 Å². The molecule has 6 aromatic heterocycles. The molecule has 0 aliphatic rings. The van der Waals surface area contributed by atoms with Gasteiger partial charge in [0.1, 0.15) is 11.6 Å². The Hall–Kier alpha value is -12.8. The SMILES string of the molecule is N#Cc1c(-n2c3cc(-n4c5ccccc5c5ccccc54)ccc3c3ccc(-n4c5ccccc5c5ccccc54)cc32)ccc(-c2ccccc2C(F)(F)F)c1-n1c2cc(-n3c4ccccc4c4ccccc43)ccc2c2ccc(-n3c4ccccc4c4ccccc43)cc21. The van der Waals surface area contributed by atoms with E-state index in [1.165, 1.54) is 6.07 Å². The molecule has 0 bridgehead atoms. The van der Waals surface area contributed by atoms with E-state index in [1.54, 1.807) is 12.1 Å². The van der Waals surface area contributed by atoms with E-state index in [1.807, 2.05) is 36.4 Å². The normalized spacial score (nSPS) is 12.3.